The number of ether oxygens (including phenoxy) is 1. The van der Waals surface area contributed by atoms with Crippen molar-refractivity contribution in [1.29, 1.82) is 0 Å². The number of anilines is 1. The standard InChI is InChI=1S/C23H33N3O3S/c1-3-10-25(16-20(27)18-28-13-4-2)17-21-22(19-8-6-5-7-9-19)24-29-23(21)26-11-14-30-15-12-26/h4-9,20,27H,2-3,10-18H2,1H3/t20-/m0/s1. The van der Waals surface area contributed by atoms with E-state index < -0.39 is 6.10 Å². The van der Waals surface area contributed by atoms with Crippen LogP contribution in [-0.2, 0) is 11.3 Å². The molecule has 1 aliphatic rings. The molecule has 0 radical (unpaired) electrons. The average Bonchev–Trinajstić information content (AvgIpc) is 3.19. The fraction of sp³-hybridized carbons (Fsp3) is 0.522. The van der Waals surface area contributed by atoms with E-state index in [1.54, 1.807) is 6.08 Å². The van der Waals surface area contributed by atoms with Crippen LogP contribution in [0.4, 0.5) is 5.88 Å². The van der Waals surface area contributed by atoms with Gasteiger partial charge in [0.2, 0.25) is 5.88 Å². The Kier molecular flexibility index (Phi) is 9.27. The van der Waals surface area contributed by atoms with E-state index in [9.17, 15) is 5.11 Å². The van der Waals surface area contributed by atoms with Gasteiger partial charge in [0.15, 0.2) is 0 Å². The molecule has 1 saturated heterocycles. The molecule has 1 aromatic carbocycles. The molecule has 0 bridgehead atoms. The molecular formula is C23H33N3O3S. The van der Waals surface area contributed by atoms with Crippen LogP contribution >= 0.6 is 11.8 Å². The molecule has 7 heteroatoms. The second-order valence-corrected chi connectivity index (χ2v) is 8.72. The van der Waals surface area contributed by atoms with Crippen LogP contribution in [0.3, 0.4) is 0 Å². The van der Waals surface area contributed by atoms with E-state index in [-0.39, 0.29) is 0 Å². The Morgan fingerprint density at radius 3 is 2.80 bits per heavy atom. The van der Waals surface area contributed by atoms with Crippen LogP contribution in [0.25, 0.3) is 11.3 Å². The molecule has 3 rings (SSSR count). The predicted molar refractivity (Wildman–Crippen MR) is 124 cm³/mol. The van der Waals surface area contributed by atoms with Gasteiger partial charge in [-0.1, -0.05) is 48.5 Å². The summed E-state index contributed by atoms with van der Waals surface area (Å²) in [4.78, 5) is 4.57. The predicted octanol–water partition coefficient (Wildman–Crippen LogP) is 3.67. The number of aliphatic hydroxyl groups is 1. The monoisotopic (exact) mass is 431 g/mol. The molecule has 1 atom stereocenters. The molecule has 0 saturated carbocycles. The van der Waals surface area contributed by atoms with E-state index in [2.05, 4.69) is 40.6 Å². The zero-order valence-electron chi connectivity index (χ0n) is 17.8. The number of thioether (sulfide) groups is 1. The van der Waals surface area contributed by atoms with Gasteiger partial charge < -0.3 is 19.3 Å². The van der Waals surface area contributed by atoms with Crippen LogP contribution in [0.5, 0.6) is 0 Å². The number of rotatable bonds is 12. The quantitative estimate of drug-likeness (QED) is 0.406. The van der Waals surface area contributed by atoms with Crippen molar-refractivity contribution in [1.82, 2.24) is 10.1 Å². The summed E-state index contributed by atoms with van der Waals surface area (Å²) in [6.45, 7) is 10.6. The minimum atomic E-state index is -0.550. The third-order valence-electron chi connectivity index (χ3n) is 5.05. The maximum Gasteiger partial charge on any atom is 0.232 e. The maximum atomic E-state index is 10.5. The minimum Gasteiger partial charge on any atom is -0.389 e. The summed E-state index contributed by atoms with van der Waals surface area (Å²) >= 11 is 1.97. The van der Waals surface area contributed by atoms with Crippen molar-refractivity contribution in [3.8, 4) is 11.3 Å². The van der Waals surface area contributed by atoms with Gasteiger partial charge in [-0.05, 0) is 13.0 Å². The lowest BCUT2D eigenvalue weighted by Gasteiger charge is -2.28. The highest BCUT2D eigenvalue weighted by Crippen LogP contribution is 2.33. The number of nitrogens with zero attached hydrogens (tertiary/aromatic N) is 3. The first-order chi connectivity index (χ1) is 14.7. The number of benzene rings is 1. The highest BCUT2D eigenvalue weighted by Gasteiger charge is 2.26. The summed E-state index contributed by atoms with van der Waals surface area (Å²) in [5.41, 5.74) is 3.04. The number of hydrogen-bond acceptors (Lipinski definition) is 7. The molecular weight excluding hydrogens is 398 g/mol. The highest BCUT2D eigenvalue weighted by molar-refractivity contribution is 7.99. The molecule has 0 amide bonds. The zero-order chi connectivity index (χ0) is 21.2. The van der Waals surface area contributed by atoms with Gasteiger partial charge in [-0.3, -0.25) is 4.90 Å². The second-order valence-electron chi connectivity index (χ2n) is 7.50. The van der Waals surface area contributed by atoms with E-state index in [0.717, 1.165) is 60.3 Å². The van der Waals surface area contributed by atoms with Crippen molar-refractivity contribution in [3.05, 3.63) is 48.6 Å². The van der Waals surface area contributed by atoms with Crippen LogP contribution in [0.2, 0.25) is 0 Å². The summed E-state index contributed by atoms with van der Waals surface area (Å²) in [6.07, 6.45) is 2.15. The fourth-order valence-electron chi connectivity index (χ4n) is 3.69. The molecule has 1 aromatic heterocycles. The Bertz CT molecular complexity index is 762. The molecule has 2 heterocycles. The van der Waals surface area contributed by atoms with Gasteiger partial charge in [-0.2, -0.15) is 11.8 Å². The van der Waals surface area contributed by atoms with Crippen LogP contribution in [0.1, 0.15) is 18.9 Å². The highest BCUT2D eigenvalue weighted by atomic mass is 32.2. The molecule has 0 spiro atoms. The van der Waals surface area contributed by atoms with Crippen molar-refractivity contribution in [3.63, 3.8) is 0 Å². The summed E-state index contributed by atoms with van der Waals surface area (Å²) in [5.74, 6) is 3.06. The topological polar surface area (TPSA) is 62.0 Å². The molecule has 1 fully saturated rings. The molecule has 164 valence electrons. The minimum absolute atomic E-state index is 0.303. The Hall–Kier alpha value is -1.80. The van der Waals surface area contributed by atoms with Gasteiger partial charge in [-0.15, -0.1) is 6.58 Å². The van der Waals surface area contributed by atoms with Gasteiger partial charge in [-0.25, -0.2) is 0 Å². The van der Waals surface area contributed by atoms with E-state index in [1.165, 1.54) is 0 Å². The summed E-state index contributed by atoms with van der Waals surface area (Å²) in [6, 6.07) is 10.2. The lowest BCUT2D eigenvalue weighted by atomic mass is 10.1. The molecule has 6 nitrogen and oxygen atoms in total. The smallest absolute Gasteiger partial charge is 0.232 e. The van der Waals surface area contributed by atoms with Gasteiger partial charge >= 0.3 is 0 Å². The Morgan fingerprint density at radius 1 is 1.33 bits per heavy atom. The molecule has 1 aliphatic heterocycles. The zero-order valence-corrected chi connectivity index (χ0v) is 18.6. The van der Waals surface area contributed by atoms with Crippen molar-refractivity contribution in [2.24, 2.45) is 0 Å². The van der Waals surface area contributed by atoms with Crippen molar-refractivity contribution in [2.75, 3.05) is 55.8 Å². The molecule has 2 aromatic rings. The van der Waals surface area contributed by atoms with Crippen LogP contribution in [0.15, 0.2) is 47.5 Å². The van der Waals surface area contributed by atoms with Gasteiger partial charge in [0.1, 0.15) is 5.69 Å². The van der Waals surface area contributed by atoms with Crippen molar-refractivity contribution < 1.29 is 14.4 Å². The van der Waals surface area contributed by atoms with Crippen molar-refractivity contribution in [2.45, 2.75) is 26.0 Å². The lowest BCUT2D eigenvalue weighted by Crippen LogP contribution is -2.36. The second kappa shape index (κ2) is 12.2. The summed E-state index contributed by atoms with van der Waals surface area (Å²) in [5, 5.41) is 14.9. The van der Waals surface area contributed by atoms with Crippen LogP contribution < -0.4 is 4.90 Å². The van der Waals surface area contributed by atoms with Gasteiger partial charge in [0.25, 0.3) is 0 Å². The van der Waals surface area contributed by atoms with Gasteiger partial charge in [0, 0.05) is 43.2 Å². The van der Waals surface area contributed by atoms with E-state index in [0.29, 0.717) is 26.3 Å². The number of aromatic nitrogens is 1. The largest absolute Gasteiger partial charge is 0.389 e. The molecule has 1 N–H and O–H groups in total. The van der Waals surface area contributed by atoms with E-state index >= 15 is 0 Å². The average molecular weight is 432 g/mol. The van der Waals surface area contributed by atoms with Crippen LogP contribution in [-0.4, -0.2) is 72.2 Å². The Labute approximate surface area is 183 Å². The maximum absolute atomic E-state index is 10.5. The number of aliphatic hydroxyl groups excluding tert-OH is 1. The summed E-state index contributed by atoms with van der Waals surface area (Å²) < 4.78 is 11.3. The Balaban J connectivity index is 1.82. The van der Waals surface area contributed by atoms with Gasteiger partial charge in [0.05, 0.1) is 24.9 Å². The fourth-order valence-corrected chi connectivity index (χ4v) is 4.60. The third-order valence-corrected chi connectivity index (χ3v) is 5.99. The SMILES string of the molecule is C=CCOC[C@@H](O)CN(CCC)Cc1c(-c2ccccc2)noc1N1CCSCC1. The normalized spacial score (nSPS) is 15.5. The van der Waals surface area contributed by atoms with Crippen LogP contribution in [0, 0.1) is 0 Å². The first-order valence-electron chi connectivity index (χ1n) is 10.7. The van der Waals surface area contributed by atoms with E-state index in [4.69, 9.17) is 9.26 Å². The number of hydrogen-bond donors (Lipinski definition) is 1. The first-order valence-corrected chi connectivity index (χ1v) is 11.8. The Morgan fingerprint density at radius 2 is 2.10 bits per heavy atom. The van der Waals surface area contributed by atoms with Crippen molar-refractivity contribution >= 4 is 17.6 Å². The van der Waals surface area contributed by atoms with E-state index in [1.807, 2.05) is 30.0 Å². The molecule has 30 heavy (non-hydrogen) atoms. The third kappa shape index (κ3) is 6.35. The lowest BCUT2D eigenvalue weighted by molar-refractivity contribution is 0.0246. The summed E-state index contributed by atoms with van der Waals surface area (Å²) in [7, 11) is 0. The first kappa shape index (κ1) is 22.9. The molecule has 0 unspecified atom stereocenters. The molecule has 0 aliphatic carbocycles.